The molecule has 0 bridgehead atoms. The van der Waals surface area contributed by atoms with Crippen LogP contribution in [0.2, 0.25) is 25.7 Å². The van der Waals surface area contributed by atoms with Gasteiger partial charge in [-0.2, -0.15) is 8.42 Å². The summed E-state index contributed by atoms with van der Waals surface area (Å²) in [5.41, 5.74) is 0.458. The van der Waals surface area contributed by atoms with E-state index in [0.717, 1.165) is 12.3 Å². The summed E-state index contributed by atoms with van der Waals surface area (Å²) in [7, 11) is -4.53. The lowest BCUT2D eigenvalue weighted by Gasteiger charge is -2.15. The third-order valence-corrected chi connectivity index (χ3v) is 4.48. The summed E-state index contributed by atoms with van der Waals surface area (Å²) in [4.78, 5) is 0. The number of hydrogen-bond acceptors (Lipinski definition) is 6. The Bertz CT molecular complexity index is 495. The second-order valence-corrected chi connectivity index (χ2v) is 12.8. The molecule has 0 saturated heterocycles. The second kappa shape index (κ2) is 6.59. The van der Waals surface area contributed by atoms with Crippen LogP contribution in [-0.4, -0.2) is 44.3 Å². The molecule has 0 amide bonds. The molecule has 1 aromatic rings. The Kier molecular flexibility index (Phi) is 5.65. The van der Waals surface area contributed by atoms with Crippen molar-refractivity contribution in [2.24, 2.45) is 0 Å². The maximum atomic E-state index is 10.8. The van der Waals surface area contributed by atoms with E-state index in [1.807, 2.05) is 0 Å². The van der Waals surface area contributed by atoms with E-state index in [1.54, 1.807) is 6.20 Å². The van der Waals surface area contributed by atoms with Crippen LogP contribution in [0, 0.1) is 0 Å². The molecule has 0 unspecified atom stereocenters. The van der Waals surface area contributed by atoms with Gasteiger partial charge in [0.1, 0.15) is 19.0 Å². The van der Waals surface area contributed by atoms with Crippen molar-refractivity contribution >= 4 is 18.2 Å². The van der Waals surface area contributed by atoms with Gasteiger partial charge in [0.05, 0.1) is 12.5 Å². The van der Waals surface area contributed by atoms with Crippen LogP contribution in [0.4, 0.5) is 0 Å². The van der Waals surface area contributed by atoms with Gasteiger partial charge in [0, 0.05) is 14.7 Å². The second-order valence-electron chi connectivity index (χ2n) is 5.56. The van der Waals surface area contributed by atoms with Gasteiger partial charge in [0.2, 0.25) is 0 Å². The minimum absolute atomic E-state index is 0.103. The highest BCUT2D eigenvalue weighted by Crippen LogP contribution is 2.07. The van der Waals surface area contributed by atoms with Crippen molar-refractivity contribution in [3.8, 4) is 0 Å². The lowest BCUT2D eigenvalue weighted by atomic mass is 10.5. The van der Waals surface area contributed by atoms with Crippen LogP contribution < -0.4 is 0 Å². The third-order valence-electron chi connectivity index (χ3n) is 2.23. The van der Waals surface area contributed by atoms with Crippen molar-refractivity contribution in [2.45, 2.75) is 39.0 Å². The van der Waals surface area contributed by atoms with Crippen molar-refractivity contribution in [3.63, 3.8) is 0 Å². The topological polar surface area (TPSA) is 83.3 Å². The minimum Gasteiger partial charge on any atom is -0.359 e. The fourth-order valence-electron chi connectivity index (χ4n) is 1.17. The highest BCUT2D eigenvalue weighted by atomic mass is 32.2. The van der Waals surface area contributed by atoms with E-state index in [1.165, 1.54) is 4.68 Å². The lowest BCUT2D eigenvalue weighted by Crippen LogP contribution is -2.22. The molecule has 0 radical (unpaired) electrons. The molecule has 19 heavy (non-hydrogen) atoms. The maximum absolute atomic E-state index is 10.8. The molecule has 0 fully saturated rings. The summed E-state index contributed by atoms with van der Waals surface area (Å²) >= 11 is 0. The molecule has 0 N–H and O–H groups in total. The molecule has 1 rings (SSSR count). The van der Waals surface area contributed by atoms with Gasteiger partial charge in [0.25, 0.3) is 10.1 Å². The molecule has 0 spiro atoms. The molecule has 110 valence electrons. The first-order valence-electron chi connectivity index (χ1n) is 5.97. The van der Waals surface area contributed by atoms with Gasteiger partial charge >= 0.3 is 0 Å². The average Bonchev–Trinajstić information content (AvgIpc) is 2.67. The molecule has 0 saturated carbocycles. The van der Waals surface area contributed by atoms with Crippen LogP contribution in [-0.2, 0) is 32.4 Å². The molecule has 1 heterocycles. The zero-order chi connectivity index (χ0) is 14.5. The first-order valence-corrected chi connectivity index (χ1v) is 11.5. The number of hydrogen-bond donors (Lipinski definition) is 0. The molecule has 9 heteroatoms. The predicted octanol–water partition coefficient (Wildman–Crippen LogP) is 1.07. The first kappa shape index (κ1) is 16.3. The SMILES string of the molecule is C[Si](C)(C)CCOCn1cc(COS(C)(=O)=O)nn1. The maximum Gasteiger partial charge on any atom is 0.264 e. The Hall–Kier alpha value is -0.773. The van der Waals surface area contributed by atoms with Crippen LogP contribution in [0.1, 0.15) is 5.69 Å². The summed E-state index contributed by atoms with van der Waals surface area (Å²) in [6, 6.07) is 1.09. The summed E-state index contributed by atoms with van der Waals surface area (Å²) in [5.74, 6) is 0. The largest absolute Gasteiger partial charge is 0.359 e. The van der Waals surface area contributed by atoms with Gasteiger partial charge in [-0.1, -0.05) is 24.9 Å². The Balaban J connectivity index is 2.31. The molecule has 0 atom stereocenters. The standard InChI is InChI=1S/C10H21N3O4SSi/c1-18(14,15)17-8-10-7-13(12-11-10)9-16-5-6-19(2,3)4/h7H,5-6,8-9H2,1-4H3. The Morgan fingerprint density at radius 1 is 1.37 bits per heavy atom. The van der Waals surface area contributed by atoms with Crippen molar-refractivity contribution in [2.75, 3.05) is 12.9 Å². The van der Waals surface area contributed by atoms with E-state index in [0.29, 0.717) is 19.0 Å². The highest BCUT2D eigenvalue weighted by Gasteiger charge is 2.12. The van der Waals surface area contributed by atoms with Crippen LogP contribution in [0.25, 0.3) is 0 Å². The Morgan fingerprint density at radius 2 is 2.05 bits per heavy atom. The number of aromatic nitrogens is 3. The van der Waals surface area contributed by atoms with E-state index in [9.17, 15) is 8.42 Å². The van der Waals surface area contributed by atoms with E-state index >= 15 is 0 Å². The van der Waals surface area contributed by atoms with Gasteiger partial charge in [-0.3, -0.25) is 4.18 Å². The molecule has 0 aromatic carbocycles. The summed E-state index contributed by atoms with van der Waals surface area (Å²) in [5, 5.41) is 7.63. The Labute approximate surface area is 115 Å². The van der Waals surface area contributed by atoms with Gasteiger partial charge in [-0.15, -0.1) is 5.10 Å². The van der Waals surface area contributed by atoms with Crippen molar-refractivity contribution in [1.29, 1.82) is 0 Å². The minimum atomic E-state index is -3.45. The molecular weight excluding hydrogens is 286 g/mol. The van der Waals surface area contributed by atoms with E-state index < -0.39 is 18.2 Å². The first-order chi connectivity index (χ1) is 8.66. The number of ether oxygens (including phenoxy) is 1. The van der Waals surface area contributed by atoms with Crippen LogP contribution in [0.15, 0.2) is 6.20 Å². The summed E-state index contributed by atoms with van der Waals surface area (Å²) < 4.78 is 33.3. The van der Waals surface area contributed by atoms with E-state index in [2.05, 4.69) is 34.1 Å². The molecule has 1 aromatic heterocycles. The normalized spacial score (nSPS) is 12.8. The van der Waals surface area contributed by atoms with E-state index in [4.69, 9.17) is 4.74 Å². The molecular formula is C10H21N3O4SSi. The average molecular weight is 307 g/mol. The van der Waals surface area contributed by atoms with Gasteiger partial charge in [-0.05, 0) is 6.04 Å². The van der Waals surface area contributed by atoms with Crippen LogP contribution >= 0.6 is 0 Å². The zero-order valence-corrected chi connectivity index (χ0v) is 13.6. The molecule has 0 aliphatic rings. The van der Waals surface area contributed by atoms with Crippen molar-refractivity contribution in [3.05, 3.63) is 11.9 Å². The zero-order valence-electron chi connectivity index (χ0n) is 11.8. The summed E-state index contributed by atoms with van der Waals surface area (Å²) in [6.07, 6.45) is 2.61. The predicted molar refractivity (Wildman–Crippen MR) is 73.8 cm³/mol. The summed E-state index contributed by atoms with van der Waals surface area (Å²) in [6.45, 7) is 7.76. The van der Waals surface area contributed by atoms with Crippen LogP contribution in [0.5, 0.6) is 0 Å². The van der Waals surface area contributed by atoms with Gasteiger partial charge in [-0.25, -0.2) is 4.68 Å². The monoisotopic (exact) mass is 307 g/mol. The molecule has 0 aliphatic heterocycles. The van der Waals surface area contributed by atoms with Crippen molar-refractivity contribution in [1.82, 2.24) is 15.0 Å². The number of nitrogens with zero attached hydrogens (tertiary/aromatic N) is 3. The fourth-order valence-corrected chi connectivity index (χ4v) is 2.26. The van der Waals surface area contributed by atoms with Gasteiger partial charge < -0.3 is 4.74 Å². The smallest absolute Gasteiger partial charge is 0.264 e. The fraction of sp³-hybridized carbons (Fsp3) is 0.800. The van der Waals surface area contributed by atoms with E-state index in [-0.39, 0.29) is 6.61 Å². The van der Waals surface area contributed by atoms with Crippen LogP contribution in [0.3, 0.4) is 0 Å². The number of rotatable bonds is 8. The highest BCUT2D eigenvalue weighted by molar-refractivity contribution is 7.85. The van der Waals surface area contributed by atoms with Gasteiger partial charge in [0.15, 0.2) is 0 Å². The molecule has 7 nitrogen and oxygen atoms in total. The third kappa shape index (κ3) is 8.08. The quantitative estimate of drug-likeness (QED) is 0.406. The Morgan fingerprint density at radius 3 is 2.63 bits per heavy atom. The molecule has 0 aliphatic carbocycles. The van der Waals surface area contributed by atoms with Crippen molar-refractivity contribution < 1.29 is 17.3 Å². The lowest BCUT2D eigenvalue weighted by molar-refractivity contribution is 0.0772.